The van der Waals surface area contributed by atoms with Crippen molar-refractivity contribution in [3.05, 3.63) is 18.2 Å². The molecule has 0 radical (unpaired) electrons. The Morgan fingerprint density at radius 2 is 2.23 bits per heavy atom. The molecule has 1 amide bonds. The van der Waals surface area contributed by atoms with Crippen LogP contribution in [0.5, 0.6) is 0 Å². The highest BCUT2D eigenvalue weighted by molar-refractivity contribution is 6.62. The summed E-state index contributed by atoms with van der Waals surface area (Å²) in [6.07, 6.45) is 4.30. The molecule has 2 heterocycles. The first kappa shape index (κ1) is 18.1. The molecule has 0 saturated carbocycles. The number of carbonyl (C=O) groups is 1. The van der Waals surface area contributed by atoms with Crippen molar-refractivity contribution < 1.29 is 14.6 Å². The number of hydrazone groups is 1. The van der Waals surface area contributed by atoms with Crippen LogP contribution in [0.2, 0.25) is 0 Å². The highest BCUT2D eigenvalue weighted by atomic mass is 16.3. The molecule has 2 aliphatic rings. The summed E-state index contributed by atoms with van der Waals surface area (Å²) in [5.41, 5.74) is 7.59. The number of nitrogens with two attached hydrogens (primary N) is 1. The lowest BCUT2D eigenvalue weighted by Crippen LogP contribution is -2.49. The summed E-state index contributed by atoms with van der Waals surface area (Å²) in [6, 6.07) is 5.56. The summed E-state index contributed by atoms with van der Waals surface area (Å²) < 4.78 is 1.54. The Labute approximate surface area is 152 Å². The standard InChI is InChI=1S/C18H24N6O2/c1-12(25)21-15-10-13(24-9-5-4-8-18(24,2)26)6-7-14(15)22-16-11-20-23(3)17(16)19/h6-7,10-11,26H,4-5,8-9H2,1-3H3,(H2,19,20,21,25)/p+1. The monoisotopic (exact) mass is 357 g/mol. The van der Waals surface area contributed by atoms with E-state index in [9.17, 15) is 9.90 Å². The van der Waals surface area contributed by atoms with Crippen LogP contribution in [0, 0.1) is 0 Å². The van der Waals surface area contributed by atoms with E-state index in [0.717, 1.165) is 25.1 Å². The largest absolute Gasteiger partial charge is 0.371 e. The van der Waals surface area contributed by atoms with E-state index >= 15 is 0 Å². The molecule has 1 fully saturated rings. The minimum absolute atomic E-state index is 0.192. The molecule has 0 bridgehead atoms. The van der Waals surface area contributed by atoms with Gasteiger partial charge in [0.05, 0.1) is 11.4 Å². The van der Waals surface area contributed by atoms with Crippen molar-refractivity contribution in [2.75, 3.05) is 23.8 Å². The summed E-state index contributed by atoms with van der Waals surface area (Å²) in [7, 11) is 1.74. The minimum atomic E-state index is -0.905. The second-order valence-corrected chi connectivity index (χ2v) is 6.86. The van der Waals surface area contributed by atoms with Crippen molar-refractivity contribution in [2.45, 2.75) is 38.8 Å². The third-order valence-electron chi connectivity index (χ3n) is 4.67. The Morgan fingerprint density at radius 3 is 2.85 bits per heavy atom. The normalized spacial score (nSPS) is 24.5. The van der Waals surface area contributed by atoms with E-state index in [1.54, 1.807) is 13.3 Å². The Balaban J connectivity index is 2.00. The van der Waals surface area contributed by atoms with E-state index in [2.05, 4.69) is 15.4 Å². The van der Waals surface area contributed by atoms with E-state index < -0.39 is 5.72 Å². The number of aliphatic hydroxyl groups is 1. The molecule has 0 spiro atoms. The third-order valence-corrected chi connectivity index (χ3v) is 4.67. The minimum Gasteiger partial charge on any atom is -0.371 e. The summed E-state index contributed by atoms with van der Waals surface area (Å²) in [5, 5.41) is 17.6. The maximum absolute atomic E-state index is 11.6. The molecule has 8 nitrogen and oxygen atoms in total. The molecule has 1 saturated heterocycles. The molecule has 0 aliphatic carbocycles. The molecule has 1 atom stereocenters. The van der Waals surface area contributed by atoms with E-state index in [4.69, 9.17) is 5.73 Å². The van der Waals surface area contributed by atoms with Gasteiger partial charge in [-0.3, -0.25) is 10.5 Å². The van der Waals surface area contributed by atoms with Crippen molar-refractivity contribution in [3.8, 4) is 0 Å². The first-order valence-electron chi connectivity index (χ1n) is 8.69. The van der Waals surface area contributed by atoms with E-state index in [-0.39, 0.29) is 5.91 Å². The van der Waals surface area contributed by atoms with Gasteiger partial charge in [0.25, 0.3) is 0 Å². The van der Waals surface area contributed by atoms with Gasteiger partial charge >= 0.3 is 5.84 Å². The molecular weight excluding hydrogens is 332 g/mol. The van der Waals surface area contributed by atoms with Crippen LogP contribution in [0.1, 0.15) is 33.1 Å². The van der Waals surface area contributed by atoms with Gasteiger partial charge in [-0.05, 0) is 44.4 Å². The quantitative estimate of drug-likeness (QED) is 0.711. The average Bonchev–Trinajstić information content (AvgIpc) is 2.88. The van der Waals surface area contributed by atoms with E-state index in [1.807, 2.05) is 30.0 Å². The number of amides is 1. The summed E-state index contributed by atoms with van der Waals surface area (Å²) >= 11 is 0. The van der Waals surface area contributed by atoms with Crippen LogP contribution in [0.3, 0.4) is 0 Å². The van der Waals surface area contributed by atoms with E-state index in [1.165, 1.54) is 11.6 Å². The van der Waals surface area contributed by atoms with Crippen LogP contribution in [0.25, 0.3) is 0 Å². The molecule has 3 rings (SSSR count). The van der Waals surface area contributed by atoms with Gasteiger partial charge in [-0.2, -0.15) is 0 Å². The Morgan fingerprint density at radius 1 is 1.46 bits per heavy atom. The SMILES string of the molecule is CC(=O)Nc1cc(N2CCCCC2(C)O)ccc1N=C1C=N[N+](C)=C1N. The predicted octanol–water partition coefficient (Wildman–Crippen LogP) is 1.42. The number of nitrogens with one attached hydrogen (secondary N) is 1. The molecule has 0 aromatic heterocycles. The lowest BCUT2D eigenvalue weighted by atomic mass is 9.99. The van der Waals surface area contributed by atoms with Crippen molar-refractivity contribution in [2.24, 2.45) is 15.8 Å². The predicted molar refractivity (Wildman–Crippen MR) is 104 cm³/mol. The first-order valence-corrected chi connectivity index (χ1v) is 8.69. The average molecular weight is 357 g/mol. The summed E-state index contributed by atoms with van der Waals surface area (Å²) in [4.78, 5) is 18.1. The smallest absolute Gasteiger partial charge is 0.320 e. The number of nitrogens with zero attached hydrogens (tertiary/aromatic N) is 4. The van der Waals surface area contributed by atoms with Gasteiger partial charge in [0.1, 0.15) is 19.0 Å². The lowest BCUT2D eigenvalue weighted by Gasteiger charge is -2.42. The zero-order valence-electron chi connectivity index (χ0n) is 15.4. The Hall–Kier alpha value is -2.74. The van der Waals surface area contributed by atoms with E-state index in [0.29, 0.717) is 29.3 Å². The van der Waals surface area contributed by atoms with Crippen molar-refractivity contribution in [1.29, 1.82) is 0 Å². The van der Waals surface area contributed by atoms with Gasteiger partial charge in [0.2, 0.25) is 5.91 Å². The van der Waals surface area contributed by atoms with Crippen molar-refractivity contribution >= 4 is 40.7 Å². The molecule has 138 valence electrons. The van der Waals surface area contributed by atoms with Gasteiger partial charge in [-0.15, -0.1) is 4.68 Å². The van der Waals surface area contributed by atoms with Crippen molar-refractivity contribution in [3.63, 3.8) is 0 Å². The number of amidine groups is 1. The Bertz CT molecular complexity index is 825. The van der Waals surface area contributed by atoms with Crippen LogP contribution in [-0.2, 0) is 4.79 Å². The fourth-order valence-corrected chi connectivity index (χ4v) is 3.24. The Kier molecular flexibility index (Phi) is 4.78. The van der Waals surface area contributed by atoms with Crippen LogP contribution in [0.15, 0.2) is 28.3 Å². The second kappa shape index (κ2) is 6.87. The molecule has 8 heteroatoms. The van der Waals surface area contributed by atoms with Gasteiger partial charge in [0.15, 0.2) is 5.71 Å². The van der Waals surface area contributed by atoms with Crippen LogP contribution in [-0.4, -0.2) is 52.8 Å². The van der Waals surface area contributed by atoms with Gasteiger partial charge in [-0.1, -0.05) is 5.10 Å². The molecule has 1 aromatic rings. The van der Waals surface area contributed by atoms with Crippen molar-refractivity contribution in [1.82, 2.24) is 0 Å². The number of anilines is 2. The first-order chi connectivity index (χ1) is 12.3. The zero-order valence-corrected chi connectivity index (χ0v) is 15.4. The topological polar surface area (TPSA) is 106 Å². The molecule has 2 aliphatic heterocycles. The molecule has 1 unspecified atom stereocenters. The van der Waals surface area contributed by atoms with Crippen LogP contribution in [0.4, 0.5) is 17.1 Å². The molecule has 1 aromatic carbocycles. The summed E-state index contributed by atoms with van der Waals surface area (Å²) in [6.45, 7) is 4.03. The number of carbonyl (C=O) groups excluding carboxylic acids is 1. The highest BCUT2D eigenvalue weighted by Crippen LogP contribution is 2.36. The zero-order chi connectivity index (χ0) is 18.9. The molecule has 4 N–H and O–H groups in total. The third kappa shape index (κ3) is 3.60. The number of benzene rings is 1. The fourth-order valence-electron chi connectivity index (χ4n) is 3.24. The number of hydrogen-bond donors (Lipinski definition) is 3. The second-order valence-electron chi connectivity index (χ2n) is 6.86. The van der Waals surface area contributed by atoms with Crippen LogP contribution < -0.4 is 16.0 Å². The number of hydrogen-bond acceptors (Lipinski definition) is 6. The maximum atomic E-state index is 11.6. The molecule has 26 heavy (non-hydrogen) atoms. The number of piperidine rings is 1. The van der Waals surface area contributed by atoms with Gasteiger partial charge < -0.3 is 15.3 Å². The lowest BCUT2D eigenvalue weighted by molar-refractivity contribution is -0.498. The summed E-state index contributed by atoms with van der Waals surface area (Å²) in [5.74, 6) is 0.255. The highest BCUT2D eigenvalue weighted by Gasteiger charge is 2.32. The number of aliphatic imine (C=N–C) groups is 1. The maximum Gasteiger partial charge on any atom is 0.320 e. The van der Waals surface area contributed by atoms with Gasteiger partial charge in [0, 0.05) is 19.2 Å². The van der Waals surface area contributed by atoms with Gasteiger partial charge in [-0.25, -0.2) is 4.99 Å². The number of rotatable bonds is 3. The van der Waals surface area contributed by atoms with Crippen LogP contribution >= 0.6 is 0 Å². The fraction of sp³-hybridized carbons (Fsp3) is 0.444. The molecular formula is C18H25N6O2+.